The third-order valence-electron chi connectivity index (χ3n) is 3.15. The Hall–Kier alpha value is -0.750. The number of hydrogen-bond acceptors (Lipinski definition) is 4. The molecule has 2 aromatic rings. The van der Waals surface area contributed by atoms with Crippen molar-refractivity contribution in [1.82, 2.24) is 10.3 Å². The number of methoxy groups -OCH3 is 1. The first kappa shape index (κ1) is 16.6. The van der Waals surface area contributed by atoms with Crippen LogP contribution in [0.1, 0.15) is 30.0 Å². The molecule has 0 fully saturated rings. The minimum Gasteiger partial charge on any atom is -0.378 e. The van der Waals surface area contributed by atoms with Crippen molar-refractivity contribution in [3.8, 4) is 10.6 Å². The maximum Gasteiger partial charge on any atom is 0.124 e. The Kier molecular flexibility index (Phi) is 5.93. The molecule has 0 aliphatic carbocycles. The monoisotopic (exact) mass is 368 g/mol. The Labute approximate surface area is 138 Å². The summed E-state index contributed by atoms with van der Waals surface area (Å²) in [5, 5.41) is 4.52. The van der Waals surface area contributed by atoms with Crippen LogP contribution in [-0.4, -0.2) is 18.1 Å². The molecule has 0 aliphatic heterocycles. The summed E-state index contributed by atoms with van der Waals surface area (Å²) in [5.41, 5.74) is 3.45. The molecule has 0 bridgehead atoms. The second-order valence-corrected chi connectivity index (χ2v) is 7.32. The summed E-state index contributed by atoms with van der Waals surface area (Å²) >= 11 is 5.25. The quantitative estimate of drug-likeness (QED) is 0.813. The fraction of sp³-hybridized carbons (Fsp3) is 0.438. The number of nitrogens with zero attached hydrogens (tertiary/aromatic N) is 1. The average molecular weight is 369 g/mol. The van der Waals surface area contributed by atoms with Gasteiger partial charge in [0.1, 0.15) is 5.01 Å². The van der Waals surface area contributed by atoms with Gasteiger partial charge in [-0.3, -0.25) is 0 Å². The fourth-order valence-electron chi connectivity index (χ4n) is 2.05. The summed E-state index contributed by atoms with van der Waals surface area (Å²) in [5.74, 6) is 0. The number of aryl methyl sites for hydroxylation is 1. The van der Waals surface area contributed by atoms with Crippen LogP contribution in [0.25, 0.3) is 10.6 Å². The molecule has 1 N–H and O–H groups in total. The summed E-state index contributed by atoms with van der Waals surface area (Å²) in [6.45, 7) is 7.81. The van der Waals surface area contributed by atoms with Gasteiger partial charge in [-0.1, -0.05) is 35.8 Å². The molecule has 21 heavy (non-hydrogen) atoms. The molecule has 0 radical (unpaired) electrons. The zero-order valence-electron chi connectivity index (χ0n) is 12.9. The highest BCUT2D eigenvalue weighted by atomic mass is 79.9. The largest absolute Gasteiger partial charge is 0.378 e. The van der Waals surface area contributed by atoms with Crippen LogP contribution in [0.2, 0.25) is 0 Å². The van der Waals surface area contributed by atoms with Gasteiger partial charge in [0.05, 0.1) is 12.3 Å². The number of benzene rings is 1. The van der Waals surface area contributed by atoms with E-state index >= 15 is 0 Å². The van der Waals surface area contributed by atoms with Crippen molar-refractivity contribution in [2.45, 2.75) is 40.0 Å². The van der Waals surface area contributed by atoms with Crippen molar-refractivity contribution in [1.29, 1.82) is 0 Å². The highest BCUT2D eigenvalue weighted by Gasteiger charge is 2.14. The molecule has 0 saturated carbocycles. The van der Waals surface area contributed by atoms with Crippen LogP contribution in [0.3, 0.4) is 0 Å². The number of ether oxygens (including phenoxy) is 1. The van der Waals surface area contributed by atoms with Gasteiger partial charge in [0, 0.05) is 34.6 Å². The predicted molar refractivity (Wildman–Crippen MR) is 92.7 cm³/mol. The molecule has 2 rings (SSSR count). The summed E-state index contributed by atoms with van der Waals surface area (Å²) < 4.78 is 6.38. The lowest BCUT2D eigenvalue weighted by Gasteiger charge is -2.07. The van der Waals surface area contributed by atoms with Crippen molar-refractivity contribution in [3.63, 3.8) is 0 Å². The predicted octanol–water partition coefficient (Wildman–Crippen LogP) is 4.53. The van der Waals surface area contributed by atoms with E-state index in [1.807, 2.05) is 0 Å². The van der Waals surface area contributed by atoms with Crippen LogP contribution in [0.15, 0.2) is 22.7 Å². The van der Waals surface area contributed by atoms with Gasteiger partial charge in [-0.25, -0.2) is 4.98 Å². The highest BCUT2D eigenvalue weighted by molar-refractivity contribution is 9.10. The molecule has 0 unspecified atom stereocenters. The first-order valence-corrected chi connectivity index (χ1v) is 8.59. The van der Waals surface area contributed by atoms with Crippen LogP contribution in [0.5, 0.6) is 0 Å². The molecule has 0 spiro atoms. The van der Waals surface area contributed by atoms with Gasteiger partial charge in [-0.15, -0.1) is 11.3 Å². The lowest BCUT2D eigenvalue weighted by Crippen LogP contribution is -2.21. The van der Waals surface area contributed by atoms with Crippen LogP contribution in [-0.2, 0) is 17.9 Å². The molecule has 1 aromatic heterocycles. The first-order chi connectivity index (χ1) is 10.0. The minimum absolute atomic E-state index is 0.459. The van der Waals surface area contributed by atoms with Crippen molar-refractivity contribution in [2.75, 3.05) is 7.11 Å². The lowest BCUT2D eigenvalue weighted by molar-refractivity contribution is 0.181. The minimum atomic E-state index is 0.459. The van der Waals surface area contributed by atoms with Crippen LogP contribution < -0.4 is 5.32 Å². The number of hydrogen-bond donors (Lipinski definition) is 1. The van der Waals surface area contributed by atoms with Crippen molar-refractivity contribution < 1.29 is 4.74 Å². The zero-order chi connectivity index (χ0) is 15.4. The number of halogens is 1. The Balaban J connectivity index is 2.33. The number of thiazole rings is 1. The Morgan fingerprint density at radius 3 is 2.76 bits per heavy atom. The van der Waals surface area contributed by atoms with E-state index in [1.54, 1.807) is 18.4 Å². The normalized spacial score (nSPS) is 11.3. The Bertz CT molecular complexity index is 610. The van der Waals surface area contributed by atoms with Crippen molar-refractivity contribution in [2.24, 2.45) is 0 Å². The van der Waals surface area contributed by atoms with Crippen LogP contribution in [0.4, 0.5) is 0 Å². The van der Waals surface area contributed by atoms with E-state index in [0.717, 1.165) is 21.7 Å². The Morgan fingerprint density at radius 2 is 2.14 bits per heavy atom. The molecular weight excluding hydrogens is 348 g/mol. The van der Waals surface area contributed by atoms with E-state index in [0.29, 0.717) is 12.6 Å². The van der Waals surface area contributed by atoms with Gasteiger partial charge in [0.2, 0.25) is 0 Å². The molecular formula is C16H21BrN2OS. The SMILES string of the molecule is COCc1nc(-c2ccc(Br)cc2C)sc1CNC(C)C. The second kappa shape index (κ2) is 7.49. The molecule has 5 heteroatoms. The van der Waals surface area contributed by atoms with Gasteiger partial charge < -0.3 is 10.1 Å². The Morgan fingerprint density at radius 1 is 1.38 bits per heavy atom. The average Bonchev–Trinajstić information content (AvgIpc) is 2.80. The molecule has 114 valence electrons. The molecule has 0 aliphatic rings. The smallest absolute Gasteiger partial charge is 0.124 e. The van der Waals surface area contributed by atoms with E-state index in [4.69, 9.17) is 9.72 Å². The van der Waals surface area contributed by atoms with Gasteiger partial charge in [-0.05, 0) is 24.6 Å². The van der Waals surface area contributed by atoms with Gasteiger partial charge >= 0.3 is 0 Å². The summed E-state index contributed by atoms with van der Waals surface area (Å²) in [6, 6.07) is 6.76. The topological polar surface area (TPSA) is 34.1 Å². The van der Waals surface area contributed by atoms with Gasteiger partial charge in [-0.2, -0.15) is 0 Å². The number of rotatable bonds is 6. The summed E-state index contributed by atoms with van der Waals surface area (Å²) in [4.78, 5) is 6.03. The van der Waals surface area contributed by atoms with Crippen LogP contribution in [0, 0.1) is 6.92 Å². The highest BCUT2D eigenvalue weighted by Crippen LogP contribution is 2.32. The van der Waals surface area contributed by atoms with Gasteiger partial charge in [0.15, 0.2) is 0 Å². The van der Waals surface area contributed by atoms with Crippen LogP contribution >= 0.6 is 27.3 Å². The fourth-order valence-corrected chi connectivity index (χ4v) is 3.63. The van der Waals surface area contributed by atoms with Gasteiger partial charge in [0.25, 0.3) is 0 Å². The van der Waals surface area contributed by atoms with E-state index < -0.39 is 0 Å². The summed E-state index contributed by atoms with van der Waals surface area (Å²) in [6.07, 6.45) is 0. The number of nitrogens with one attached hydrogen (secondary N) is 1. The van der Waals surface area contributed by atoms with Crippen molar-refractivity contribution in [3.05, 3.63) is 38.8 Å². The molecule has 1 aromatic carbocycles. The third kappa shape index (κ3) is 4.36. The van der Waals surface area contributed by atoms with E-state index in [1.165, 1.54) is 16.0 Å². The standard InChI is InChI=1S/C16H21BrN2OS/c1-10(2)18-8-15-14(9-20-4)19-16(21-15)13-6-5-12(17)7-11(13)3/h5-7,10,18H,8-9H2,1-4H3. The zero-order valence-corrected chi connectivity index (χ0v) is 15.3. The lowest BCUT2D eigenvalue weighted by atomic mass is 10.1. The van der Waals surface area contributed by atoms with E-state index in [2.05, 4.69) is 60.2 Å². The first-order valence-electron chi connectivity index (χ1n) is 6.98. The second-order valence-electron chi connectivity index (χ2n) is 5.32. The number of aromatic nitrogens is 1. The molecule has 3 nitrogen and oxygen atoms in total. The maximum atomic E-state index is 5.28. The maximum absolute atomic E-state index is 5.28. The molecule has 0 atom stereocenters. The van der Waals surface area contributed by atoms with E-state index in [9.17, 15) is 0 Å². The molecule has 0 amide bonds. The van der Waals surface area contributed by atoms with E-state index in [-0.39, 0.29) is 0 Å². The molecule has 1 heterocycles. The third-order valence-corrected chi connectivity index (χ3v) is 4.77. The summed E-state index contributed by atoms with van der Waals surface area (Å²) in [7, 11) is 1.71. The molecule has 0 saturated heterocycles. The van der Waals surface area contributed by atoms with Crippen molar-refractivity contribution >= 4 is 27.3 Å².